The predicted octanol–water partition coefficient (Wildman–Crippen LogP) is 5.15. The molecule has 0 saturated heterocycles. The molecule has 3 aromatic carbocycles. The zero-order valence-electron chi connectivity index (χ0n) is 27.3. The molecular weight excluding hydrogens is 714 g/mol. The van der Waals surface area contributed by atoms with Gasteiger partial charge in [0.1, 0.15) is 0 Å². The molecule has 1 aliphatic heterocycles. The molecule has 254 valence electrons. The van der Waals surface area contributed by atoms with E-state index in [1.165, 1.54) is 15.9 Å². The van der Waals surface area contributed by atoms with Crippen molar-refractivity contribution in [3.8, 4) is 11.5 Å². The van der Waals surface area contributed by atoms with Gasteiger partial charge < -0.3 is 24.3 Å². The Hall–Kier alpha value is -5.01. The van der Waals surface area contributed by atoms with E-state index in [0.717, 1.165) is 5.56 Å². The molecule has 0 saturated carbocycles. The lowest BCUT2D eigenvalue weighted by molar-refractivity contribution is -0.139. The summed E-state index contributed by atoms with van der Waals surface area (Å²) in [6, 6.07) is 18.3. The number of carbonyl (C=O) groups excluding carboxylic acids is 3. The number of benzene rings is 3. The lowest BCUT2D eigenvalue weighted by Crippen LogP contribution is -2.39. The van der Waals surface area contributed by atoms with Crippen molar-refractivity contribution in [2.24, 2.45) is 4.99 Å². The third-order valence-electron chi connectivity index (χ3n) is 7.32. The first-order valence-corrected chi connectivity index (χ1v) is 17.2. The molecule has 4 aromatic rings. The highest BCUT2D eigenvalue weighted by atomic mass is 79.9. The van der Waals surface area contributed by atoms with Gasteiger partial charge in [0.15, 0.2) is 22.9 Å². The zero-order valence-corrected chi connectivity index (χ0v) is 29.7. The number of rotatable bonds is 12. The number of carbonyl (C=O) groups is 3. The van der Waals surface area contributed by atoms with Crippen LogP contribution in [0.25, 0.3) is 6.08 Å². The molecule has 13 heteroatoms. The lowest BCUT2D eigenvalue weighted by Gasteiger charge is -2.24. The SMILES string of the molecule is CCOC(=O)C1=C(C)N=c2sc(=Cc3cc(OCC)c(OCC(=O)Nc4ccc(C(=O)OCC)cc4)cc3Br)c(=O)n2C1c1ccccc1. The van der Waals surface area contributed by atoms with E-state index in [-0.39, 0.29) is 25.4 Å². The predicted molar refractivity (Wildman–Crippen MR) is 189 cm³/mol. The van der Waals surface area contributed by atoms with Crippen LogP contribution in [0.5, 0.6) is 11.5 Å². The highest BCUT2D eigenvalue weighted by Crippen LogP contribution is 2.35. The Bertz CT molecular complexity index is 2090. The number of anilines is 1. The minimum absolute atomic E-state index is 0.189. The van der Waals surface area contributed by atoms with Crippen LogP contribution in [0.15, 0.2) is 92.3 Å². The topological polar surface area (TPSA) is 135 Å². The number of allylic oxidation sites excluding steroid dienone is 1. The number of ether oxygens (including phenoxy) is 4. The highest BCUT2D eigenvalue weighted by Gasteiger charge is 2.33. The number of thiazole rings is 1. The van der Waals surface area contributed by atoms with E-state index in [0.29, 0.717) is 60.0 Å². The van der Waals surface area contributed by atoms with Crippen molar-refractivity contribution in [1.82, 2.24) is 4.57 Å². The Morgan fingerprint density at radius 1 is 0.918 bits per heavy atom. The van der Waals surface area contributed by atoms with Crippen molar-refractivity contribution in [2.45, 2.75) is 33.7 Å². The fraction of sp³-hybridized carbons (Fsp3) is 0.250. The molecule has 49 heavy (non-hydrogen) atoms. The highest BCUT2D eigenvalue weighted by molar-refractivity contribution is 9.10. The molecular formula is C36H34BrN3O8S. The monoisotopic (exact) mass is 747 g/mol. The van der Waals surface area contributed by atoms with E-state index in [1.807, 2.05) is 37.3 Å². The molecule has 0 spiro atoms. The van der Waals surface area contributed by atoms with E-state index in [2.05, 4.69) is 26.2 Å². The summed E-state index contributed by atoms with van der Waals surface area (Å²) in [4.78, 5) is 56.8. The molecule has 0 aliphatic carbocycles. The number of esters is 2. The standard InChI is InChI=1S/C36H34BrN3O8S/c1-5-45-27-17-24(26(37)19-28(27)48-20-30(41)39-25-15-13-23(14-16-25)34(43)46-6-2)18-29-33(42)40-32(22-11-9-8-10-12-22)31(35(44)47-7-3)21(4)38-36(40)49-29/h8-19,32H,5-7,20H2,1-4H3,(H,39,41). The summed E-state index contributed by atoms with van der Waals surface area (Å²) in [5.41, 5.74) is 2.73. The zero-order chi connectivity index (χ0) is 35.1. The minimum atomic E-state index is -0.710. The second-order valence-corrected chi connectivity index (χ2v) is 12.5. The van der Waals surface area contributed by atoms with Crippen molar-refractivity contribution in [2.75, 3.05) is 31.7 Å². The average Bonchev–Trinajstić information content (AvgIpc) is 3.39. The maximum atomic E-state index is 14.0. The van der Waals surface area contributed by atoms with Crippen molar-refractivity contribution in [3.05, 3.63) is 119 Å². The Morgan fingerprint density at radius 2 is 1.59 bits per heavy atom. The Morgan fingerprint density at radius 3 is 2.27 bits per heavy atom. The minimum Gasteiger partial charge on any atom is -0.490 e. The van der Waals surface area contributed by atoms with Gasteiger partial charge in [-0.1, -0.05) is 57.6 Å². The van der Waals surface area contributed by atoms with Gasteiger partial charge in [-0.3, -0.25) is 14.2 Å². The molecule has 2 heterocycles. The molecule has 1 N–H and O–H groups in total. The van der Waals surface area contributed by atoms with Gasteiger partial charge in [0, 0.05) is 10.2 Å². The van der Waals surface area contributed by atoms with Crippen molar-refractivity contribution < 1.29 is 33.3 Å². The van der Waals surface area contributed by atoms with Crippen LogP contribution in [0.4, 0.5) is 5.69 Å². The number of hydrogen-bond acceptors (Lipinski definition) is 10. The molecule has 1 aliphatic rings. The molecule has 1 unspecified atom stereocenters. The van der Waals surface area contributed by atoms with Crippen LogP contribution in [-0.4, -0.2) is 48.8 Å². The van der Waals surface area contributed by atoms with E-state index in [9.17, 15) is 19.2 Å². The maximum absolute atomic E-state index is 14.0. The normalized spacial score (nSPS) is 14.1. The van der Waals surface area contributed by atoms with Gasteiger partial charge in [-0.25, -0.2) is 14.6 Å². The quantitative estimate of drug-likeness (QED) is 0.197. The second-order valence-electron chi connectivity index (χ2n) is 10.6. The van der Waals surface area contributed by atoms with Gasteiger partial charge in [0.05, 0.1) is 47.2 Å². The molecule has 1 atom stereocenters. The van der Waals surface area contributed by atoms with Crippen LogP contribution < -0.4 is 29.7 Å². The van der Waals surface area contributed by atoms with Crippen LogP contribution in [0, 0.1) is 0 Å². The fourth-order valence-electron chi connectivity index (χ4n) is 5.17. The van der Waals surface area contributed by atoms with Gasteiger partial charge >= 0.3 is 11.9 Å². The van der Waals surface area contributed by atoms with Gasteiger partial charge in [0.25, 0.3) is 11.5 Å². The summed E-state index contributed by atoms with van der Waals surface area (Å²) in [6.07, 6.45) is 1.72. The van der Waals surface area contributed by atoms with E-state index in [4.69, 9.17) is 18.9 Å². The number of aromatic nitrogens is 1. The van der Waals surface area contributed by atoms with Crippen molar-refractivity contribution in [1.29, 1.82) is 0 Å². The second kappa shape index (κ2) is 15.9. The van der Waals surface area contributed by atoms with Crippen LogP contribution in [-0.2, 0) is 19.1 Å². The number of hydrogen-bond donors (Lipinski definition) is 1. The maximum Gasteiger partial charge on any atom is 0.338 e. The molecule has 5 rings (SSSR count). The summed E-state index contributed by atoms with van der Waals surface area (Å²) >= 11 is 4.79. The Balaban J connectivity index is 1.42. The summed E-state index contributed by atoms with van der Waals surface area (Å²) in [6.45, 7) is 7.49. The smallest absolute Gasteiger partial charge is 0.338 e. The number of nitrogens with zero attached hydrogens (tertiary/aromatic N) is 2. The number of fused-ring (bicyclic) bond motifs is 1. The van der Waals surface area contributed by atoms with Gasteiger partial charge in [-0.2, -0.15) is 0 Å². The first-order valence-electron chi connectivity index (χ1n) is 15.6. The van der Waals surface area contributed by atoms with Crippen LogP contribution in [0.1, 0.15) is 55.2 Å². The van der Waals surface area contributed by atoms with Crippen molar-refractivity contribution in [3.63, 3.8) is 0 Å². The molecule has 1 amide bonds. The lowest BCUT2D eigenvalue weighted by atomic mass is 9.96. The summed E-state index contributed by atoms with van der Waals surface area (Å²) in [7, 11) is 0. The number of halogens is 1. The number of amides is 1. The Kier molecular flexibility index (Phi) is 11.5. The van der Waals surface area contributed by atoms with E-state index < -0.39 is 23.9 Å². The largest absolute Gasteiger partial charge is 0.490 e. The van der Waals surface area contributed by atoms with E-state index in [1.54, 1.807) is 63.2 Å². The van der Waals surface area contributed by atoms with Crippen molar-refractivity contribution >= 4 is 56.9 Å². The van der Waals surface area contributed by atoms with Crippen LogP contribution in [0.3, 0.4) is 0 Å². The van der Waals surface area contributed by atoms with Gasteiger partial charge in [-0.05, 0) is 81.3 Å². The van der Waals surface area contributed by atoms with Gasteiger partial charge in [-0.15, -0.1) is 0 Å². The Labute approximate surface area is 294 Å². The third-order valence-corrected chi connectivity index (χ3v) is 8.99. The average molecular weight is 749 g/mol. The molecule has 0 radical (unpaired) electrons. The first kappa shape index (κ1) is 35.3. The summed E-state index contributed by atoms with van der Waals surface area (Å²) in [5, 5.41) is 2.73. The molecule has 11 nitrogen and oxygen atoms in total. The molecule has 0 bridgehead atoms. The van der Waals surface area contributed by atoms with E-state index >= 15 is 0 Å². The van der Waals surface area contributed by atoms with Crippen LogP contribution >= 0.6 is 27.3 Å². The molecule has 1 aromatic heterocycles. The summed E-state index contributed by atoms with van der Waals surface area (Å²) in [5.74, 6) is -0.688. The molecule has 0 fully saturated rings. The third kappa shape index (κ3) is 8.01. The van der Waals surface area contributed by atoms with Gasteiger partial charge in [0.2, 0.25) is 0 Å². The number of nitrogens with one attached hydrogen (secondary N) is 1. The first-order chi connectivity index (χ1) is 23.6. The fourth-order valence-corrected chi connectivity index (χ4v) is 6.64. The van der Waals surface area contributed by atoms with Crippen LogP contribution in [0.2, 0.25) is 0 Å². The summed E-state index contributed by atoms with van der Waals surface area (Å²) < 4.78 is 24.5.